The van der Waals surface area contributed by atoms with E-state index >= 15 is 0 Å². The third kappa shape index (κ3) is 4.21. The summed E-state index contributed by atoms with van der Waals surface area (Å²) in [4.78, 5) is 11.0. The summed E-state index contributed by atoms with van der Waals surface area (Å²) >= 11 is 0. The summed E-state index contributed by atoms with van der Waals surface area (Å²) in [7, 11) is -2.42. The molecule has 0 aromatic heterocycles. The number of benzene rings is 1. The molecule has 0 radical (unpaired) electrons. The lowest BCUT2D eigenvalue weighted by Crippen LogP contribution is -2.32. The monoisotopic (exact) mass is 301 g/mol. The number of carboxylic acid groups (broad SMARTS) is 1. The molecule has 7 heteroatoms. The normalized spacial score (nSPS) is 12.2. The molecule has 1 rings (SSSR count). The van der Waals surface area contributed by atoms with Gasteiger partial charge in [0.25, 0.3) is 0 Å². The molecule has 1 aromatic rings. The lowest BCUT2D eigenvalue weighted by Gasteiger charge is -2.19. The Labute approximate surface area is 118 Å². The zero-order valence-corrected chi connectivity index (χ0v) is 12.7. The van der Waals surface area contributed by atoms with Crippen LogP contribution in [0, 0.1) is 5.41 Å². The van der Waals surface area contributed by atoms with Crippen molar-refractivity contribution >= 4 is 16.0 Å². The molecule has 0 spiro atoms. The van der Waals surface area contributed by atoms with Gasteiger partial charge in [0.1, 0.15) is 11.3 Å². The number of hydrogen-bond donors (Lipinski definition) is 2. The van der Waals surface area contributed by atoms with Crippen LogP contribution in [0.3, 0.4) is 0 Å². The highest BCUT2D eigenvalue weighted by Gasteiger charge is 2.21. The van der Waals surface area contributed by atoms with Crippen LogP contribution in [0.2, 0.25) is 0 Å². The van der Waals surface area contributed by atoms with E-state index in [1.54, 1.807) is 0 Å². The van der Waals surface area contributed by atoms with E-state index in [4.69, 9.17) is 9.84 Å². The van der Waals surface area contributed by atoms with Crippen molar-refractivity contribution in [1.29, 1.82) is 0 Å². The molecule has 0 bridgehead atoms. The molecule has 1 aromatic carbocycles. The van der Waals surface area contributed by atoms with E-state index in [9.17, 15) is 13.2 Å². The summed E-state index contributed by atoms with van der Waals surface area (Å²) in [6.45, 7) is 5.94. The number of carbonyl (C=O) groups is 1. The highest BCUT2D eigenvalue weighted by molar-refractivity contribution is 7.89. The number of carboxylic acids is 1. The van der Waals surface area contributed by atoms with Gasteiger partial charge in [-0.05, 0) is 23.6 Å². The molecule has 0 aliphatic rings. The van der Waals surface area contributed by atoms with Crippen LogP contribution in [0.25, 0.3) is 0 Å². The van der Waals surface area contributed by atoms with Crippen molar-refractivity contribution in [1.82, 2.24) is 4.72 Å². The summed E-state index contributed by atoms with van der Waals surface area (Å²) < 4.78 is 31.6. The minimum atomic E-state index is -3.74. The molecule has 0 aliphatic heterocycles. The first-order valence-electron chi connectivity index (χ1n) is 5.98. The summed E-state index contributed by atoms with van der Waals surface area (Å²) in [5.74, 6) is -1.12. The Morgan fingerprint density at radius 2 is 1.95 bits per heavy atom. The fourth-order valence-corrected chi connectivity index (χ4v) is 2.73. The van der Waals surface area contributed by atoms with Crippen molar-refractivity contribution in [2.45, 2.75) is 25.7 Å². The number of sulfonamides is 1. The molecular weight excluding hydrogens is 282 g/mol. The Kier molecular flexibility index (Phi) is 4.77. The van der Waals surface area contributed by atoms with Gasteiger partial charge in [0, 0.05) is 6.54 Å². The minimum absolute atomic E-state index is 0.0973. The maximum atomic E-state index is 12.1. The number of hydrogen-bond acceptors (Lipinski definition) is 4. The zero-order valence-electron chi connectivity index (χ0n) is 11.9. The van der Waals surface area contributed by atoms with Crippen LogP contribution in [-0.4, -0.2) is 33.1 Å². The van der Waals surface area contributed by atoms with E-state index in [0.717, 1.165) is 6.07 Å². The van der Waals surface area contributed by atoms with E-state index in [1.807, 2.05) is 20.8 Å². The number of nitrogens with one attached hydrogen (secondary N) is 1. The average molecular weight is 301 g/mol. The van der Waals surface area contributed by atoms with Gasteiger partial charge in [-0.1, -0.05) is 20.8 Å². The predicted octanol–water partition coefficient (Wildman–Crippen LogP) is 1.72. The molecule has 20 heavy (non-hydrogen) atoms. The SMILES string of the molecule is COc1ccc(S(=O)(=O)NCC(C)(C)C)cc1C(=O)O. The molecule has 0 heterocycles. The first-order chi connectivity index (χ1) is 9.07. The molecule has 0 saturated carbocycles. The fraction of sp³-hybridized carbons (Fsp3) is 0.462. The van der Waals surface area contributed by atoms with Crippen molar-refractivity contribution in [3.8, 4) is 5.75 Å². The van der Waals surface area contributed by atoms with Gasteiger partial charge in [0.15, 0.2) is 0 Å². The molecule has 0 amide bonds. The lowest BCUT2D eigenvalue weighted by atomic mass is 9.98. The van der Waals surface area contributed by atoms with Gasteiger partial charge >= 0.3 is 5.97 Å². The van der Waals surface area contributed by atoms with Gasteiger partial charge in [-0.3, -0.25) is 0 Å². The Balaban J connectivity index is 3.13. The van der Waals surface area contributed by atoms with Crippen LogP contribution < -0.4 is 9.46 Å². The molecule has 6 nitrogen and oxygen atoms in total. The van der Waals surface area contributed by atoms with E-state index in [1.165, 1.54) is 19.2 Å². The Hall–Kier alpha value is -1.60. The molecule has 2 N–H and O–H groups in total. The van der Waals surface area contributed by atoms with Crippen molar-refractivity contribution < 1.29 is 23.1 Å². The van der Waals surface area contributed by atoms with Gasteiger partial charge in [-0.25, -0.2) is 17.9 Å². The van der Waals surface area contributed by atoms with E-state index in [2.05, 4.69) is 4.72 Å². The molecule has 0 aliphatic carbocycles. The van der Waals surface area contributed by atoms with Crippen molar-refractivity contribution in [2.24, 2.45) is 5.41 Å². The summed E-state index contributed by atoms with van der Waals surface area (Å²) in [5, 5.41) is 9.05. The Morgan fingerprint density at radius 1 is 1.35 bits per heavy atom. The van der Waals surface area contributed by atoms with Crippen LogP contribution in [0.5, 0.6) is 5.75 Å². The van der Waals surface area contributed by atoms with Gasteiger partial charge in [0.2, 0.25) is 10.0 Å². The Morgan fingerprint density at radius 3 is 2.40 bits per heavy atom. The van der Waals surface area contributed by atoms with Crippen LogP contribution in [0.1, 0.15) is 31.1 Å². The highest BCUT2D eigenvalue weighted by Crippen LogP contribution is 2.23. The van der Waals surface area contributed by atoms with Crippen LogP contribution in [0.15, 0.2) is 23.1 Å². The maximum absolute atomic E-state index is 12.1. The van der Waals surface area contributed by atoms with E-state index in [0.29, 0.717) is 0 Å². The Bertz CT molecular complexity index is 602. The average Bonchev–Trinajstić information content (AvgIpc) is 2.35. The number of methoxy groups -OCH3 is 1. The van der Waals surface area contributed by atoms with Crippen LogP contribution in [-0.2, 0) is 10.0 Å². The summed E-state index contributed by atoms with van der Waals surface area (Å²) in [6.07, 6.45) is 0. The highest BCUT2D eigenvalue weighted by atomic mass is 32.2. The topological polar surface area (TPSA) is 92.7 Å². The zero-order chi connectivity index (χ0) is 15.6. The first kappa shape index (κ1) is 16.5. The molecule has 112 valence electrons. The van der Waals surface area contributed by atoms with E-state index in [-0.39, 0.29) is 28.2 Å². The van der Waals surface area contributed by atoms with Crippen molar-refractivity contribution in [3.05, 3.63) is 23.8 Å². The molecular formula is C13H19NO5S. The first-order valence-corrected chi connectivity index (χ1v) is 7.46. The fourth-order valence-electron chi connectivity index (χ4n) is 1.42. The minimum Gasteiger partial charge on any atom is -0.496 e. The number of rotatable bonds is 5. The van der Waals surface area contributed by atoms with Gasteiger partial charge in [-0.15, -0.1) is 0 Å². The lowest BCUT2D eigenvalue weighted by molar-refractivity contribution is 0.0693. The van der Waals surface area contributed by atoms with Crippen LogP contribution in [0.4, 0.5) is 0 Å². The van der Waals surface area contributed by atoms with Crippen molar-refractivity contribution in [3.63, 3.8) is 0 Å². The molecule has 0 fully saturated rings. The molecule has 0 unspecified atom stereocenters. The largest absolute Gasteiger partial charge is 0.496 e. The van der Waals surface area contributed by atoms with Crippen molar-refractivity contribution in [2.75, 3.05) is 13.7 Å². The maximum Gasteiger partial charge on any atom is 0.339 e. The van der Waals surface area contributed by atoms with Gasteiger partial charge in [0.05, 0.1) is 12.0 Å². The second-order valence-electron chi connectivity index (χ2n) is 5.55. The second-order valence-corrected chi connectivity index (χ2v) is 7.32. The summed E-state index contributed by atoms with van der Waals surface area (Å²) in [5.41, 5.74) is -0.402. The van der Waals surface area contributed by atoms with E-state index < -0.39 is 16.0 Å². The number of ether oxygens (including phenoxy) is 1. The predicted molar refractivity (Wildman–Crippen MR) is 74.6 cm³/mol. The second kappa shape index (κ2) is 5.80. The van der Waals surface area contributed by atoms with Gasteiger partial charge in [-0.2, -0.15) is 0 Å². The third-order valence-electron chi connectivity index (χ3n) is 2.50. The standard InChI is InChI=1S/C13H19NO5S/c1-13(2,3)8-14-20(17,18)9-5-6-11(19-4)10(7-9)12(15)16/h5-7,14H,8H2,1-4H3,(H,15,16). The quantitative estimate of drug-likeness (QED) is 0.863. The molecule has 0 saturated heterocycles. The van der Waals surface area contributed by atoms with Crippen LogP contribution >= 0.6 is 0 Å². The molecule has 0 atom stereocenters. The summed E-state index contributed by atoms with van der Waals surface area (Å²) in [6, 6.07) is 3.73. The number of aromatic carboxylic acids is 1. The van der Waals surface area contributed by atoms with Gasteiger partial charge < -0.3 is 9.84 Å². The third-order valence-corrected chi connectivity index (χ3v) is 3.90. The smallest absolute Gasteiger partial charge is 0.339 e.